The Balaban J connectivity index is 0.00000214. The number of hydrogen-bond donors (Lipinski definition) is 10. The third kappa shape index (κ3) is 51.1. The van der Waals surface area contributed by atoms with E-state index in [0.29, 0.717) is 108 Å². The number of rotatable bonds is 56. The zero-order valence-electron chi connectivity index (χ0n) is 74.8. The number of nitrogens with zero attached hydrogens (tertiary/aromatic N) is 18. The van der Waals surface area contributed by atoms with Crippen LogP contribution in [-0.2, 0) is 56.9 Å². The normalized spacial score (nSPS) is 10.8. The van der Waals surface area contributed by atoms with Crippen molar-refractivity contribution in [2.24, 2.45) is 67.4 Å². The first-order chi connectivity index (χ1) is 62.6. The van der Waals surface area contributed by atoms with Crippen LogP contribution in [0.2, 0.25) is 0 Å². The van der Waals surface area contributed by atoms with E-state index in [2.05, 4.69) is 66.8 Å². The highest BCUT2D eigenvalue weighted by molar-refractivity contribution is 5.92. The van der Waals surface area contributed by atoms with Gasteiger partial charge in [-0.05, 0) is 123 Å². The van der Waals surface area contributed by atoms with Crippen molar-refractivity contribution < 1.29 is 137 Å². The molecule has 6 aromatic rings. The smallest absolute Gasteiger partial charge is 0.338 e. The second-order valence-corrected chi connectivity index (χ2v) is 25.3. The average molecular weight is 1820 g/mol. The molecule has 0 spiro atoms. The number of hydrogen-bond acceptors (Lipinski definition) is 38. The quantitative estimate of drug-likeness (QED) is 0.00571. The summed E-state index contributed by atoms with van der Waals surface area (Å²) in [6.45, 7) is 8.61. The lowest BCUT2D eigenvalue weighted by Gasteiger charge is -2.20. The molecule has 0 saturated heterocycles. The van der Waals surface area contributed by atoms with Gasteiger partial charge in [-0.3, -0.25) is 34.8 Å². The third-order valence-electron chi connectivity index (χ3n) is 16.1. The molecule has 0 unspecified atom stereocenters. The SMILES string of the molecule is CCOCCN(CCO)N=Nc1cccc(C(=O)OCCN(CCOC(=O)c2cccc(N=NN(CCOC)CCOC)c2)N=Nc2cccc(C(=O)O)c2)c1.CO.CO.CO.CO.COC(=O)C(C)(CO)CO.COCCN(CCO)N=Nc1cccc(C(=O)OCCN(CCOC(=O)c2cccc(N=NN(CCOC)CCOC)c2)N=Nc2cccc(C(=O)O)c2)c1. The van der Waals surface area contributed by atoms with Crippen molar-refractivity contribution in [3.63, 3.8) is 0 Å². The molecule has 129 heavy (non-hydrogen) atoms. The largest absolute Gasteiger partial charge is 0.478 e. The molecular weight excluding hydrogens is 1700 g/mol. The van der Waals surface area contributed by atoms with Crippen LogP contribution in [-0.4, -0.2) is 372 Å². The highest BCUT2D eigenvalue weighted by Gasteiger charge is 2.33. The van der Waals surface area contributed by atoms with Gasteiger partial charge < -0.3 is 103 Å². The Labute approximate surface area is 748 Å². The molecule has 0 aliphatic rings. The maximum absolute atomic E-state index is 13.0. The fraction of sp³-hybridized carbons (Fsp3) is 0.482. The maximum atomic E-state index is 13.0. The van der Waals surface area contributed by atoms with E-state index in [1.165, 1.54) is 72.6 Å². The van der Waals surface area contributed by atoms with Crippen LogP contribution in [0.3, 0.4) is 0 Å². The molecule has 6 aromatic carbocycles. The number of carbonyl (C=O) groups is 7. The summed E-state index contributed by atoms with van der Waals surface area (Å²) in [4.78, 5) is 85.4. The summed E-state index contributed by atoms with van der Waals surface area (Å²) in [6, 6.07) is 37.6. The lowest BCUT2D eigenvalue weighted by molar-refractivity contribution is -0.156. The van der Waals surface area contributed by atoms with E-state index in [9.17, 15) is 54.0 Å². The number of ether oxygens (including phenoxy) is 11. The number of esters is 5. The van der Waals surface area contributed by atoms with Gasteiger partial charge in [0.15, 0.2) is 0 Å². The molecule has 0 aliphatic carbocycles. The van der Waals surface area contributed by atoms with Gasteiger partial charge in [0.1, 0.15) is 31.8 Å². The molecule has 0 atom stereocenters. The first-order valence-electron chi connectivity index (χ1n) is 39.7. The summed E-state index contributed by atoms with van der Waals surface area (Å²) in [5.41, 5.74) is 2.11. The van der Waals surface area contributed by atoms with Gasteiger partial charge in [-0.2, -0.15) is 0 Å². The Morgan fingerprint density at radius 2 is 0.504 bits per heavy atom. The molecule has 46 nitrogen and oxygen atoms in total. The Morgan fingerprint density at radius 3 is 0.690 bits per heavy atom. The van der Waals surface area contributed by atoms with Crippen LogP contribution in [0, 0.1) is 5.41 Å². The summed E-state index contributed by atoms with van der Waals surface area (Å²) in [7, 11) is 13.1. The van der Waals surface area contributed by atoms with Crippen LogP contribution in [0.4, 0.5) is 34.1 Å². The number of benzene rings is 6. The van der Waals surface area contributed by atoms with E-state index < -0.39 is 60.4 Å². The lowest BCUT2D eigenvalue weighted by Crippen LogP contribution is -2.36. The second-order valence-electron chi connectivity index (χ2n) is 25.3. The van der Waals surface area contributed by atoms with E-state index in [1.54, 1.807) is 153 Å². The van der Waals surface area contributed by atoms with Crippen molar-refractivity contribution in [1.29, 1.82) is 0 Å². The Bertz CT molecular complexity index is 4250. The molecule has 0 bridgehead atoms. The number of carboxylic acid groups (broad SMARTS) is 2. The van der Waals surface area contributed by atoms with Crippen molar-refractivity contribution in [2.75, 3.05) is 249 Å². The Morgan fingerprint density at radius 1 is 0.302 bits per heavy atom. The molecule has 714 valence electrons. The van der Waals surface area contributed by atoms with E-state index in [-0.39, 0.29) is 124 Å². The molecule has 0 fully saturated rings. The van der Waals surface area contributed by atoms with Crippen LogP contribution in [0.5, 0.6) is 0 Å². The fourth-order valence-electron chi connectivity index (χ4n) is 9.34. The number of aromatic carboxylic acids is 2. The van der Waals surface area contributed by atoms with Gasteiger partial charge in [0.2, 0.25) is 0 Å². The molecule has 6 rings (SSSR count). The van der Waals surface area contributed by atoms with Crippen LogP contribution in [0.25, 0.3) is 0 Å². The van der Waals surface area contributed by atoms with Gasteiger partial charge >= 0.3 is 41.8 Å². The first-order valence-corrected chi connectivity index (χ1v) is 39.7. The molecular formula is C83H124N18O28. The van der Waals surface area contributed by atoms with Crippen molar-refractivity contribution in [1.82, 2.24) is 30.1 Å². The second kappa shape index (κ2) is 74.5. The number of aliphatic hydroxyl groups excluding tert-OH is 8. The summed E-state index contributed by atoms with van der Waals surface area (Å²) in [6.07, 6.45) is 0. The van der Waals surface area contributed by atoms with E-state index in [1.807, 2.05) is 6.92 Å². The van der Waals surface area contributed by atoms with Gasteiger partial charge in [0, 0.05) is 70.6 Å². The van der Waals surface area contributed by atoms with Crippen LogP contribution in [0.1, 0.15) is 76.0 Å². The van der Waals surface area contributed by atoms with Gasteiger partial charge in [-0.25, -0.2) is 28.8 Å². The summed E-state index contributed by atoms with van der Waals surface area (Å²) < 4.78 is 57.2. The van der Waals surface area contributed by atoms with Crippen LogP contribution >= 0.6 is 0 Å². The Kier molecular flexibility index (Phi) is 67.3. The third-order valence-corrected chi connectivity index (χ3v) is 16.1. The molecule has 0 heterocycles. The van der Waals surface area contributed by atoms with Crippen molar-refractivity contribution >= 4 is 75.9 Å². The summed E-state index contributed by atoms with van der Waals surface area (Å²) in [5.74, 6) is -5.31. The summed E-state index contributed by atoms with van der Waals surface area (Å²) >= 11 is 0. The summed E-state index contributed by atoms with van der Waals surface area (Å²) in [5, 5.41) is 142. The maximum Gasteiger partial charge on any atom is 0.338 e. The fourth-order valence-corrected chi connectivity index (χ4v) is 9.34. The van der Waals surface area contributed by atoms with Gasteiger partial charge in [0.05, 0.1) is 219 Å². The van der Waals surface area contributed by atoms with Gasteiger partial charge in [-0.15, -0.1) is 30.7 Å². The number of aliphatic hydroxyl groups is 8. The minimum atomic E-state index is -1.16. The standard InChI is InChI=1S/C37H49N9O10.C36H47N9O10.C6H12O4.4CH4O/c1-4-54-23-17-44(14-20-47)41-39-33-12-6-9-30(27-33)36(50)55-24-18-46(43-38-32-11-5-8-29(26-32)35(48)49)19-25-56-37(51)31-10-7-13-34(28-31)40-42-45(15-21-52-2)16-22-53-3;1-51-20-14-43(13-19-46)40-38-32-11-5-8-29(26-32)35(49)54-23-17-45(42-37-31-10-4-7-28(25-31)34(47)48)18-24-55-36(50)30-9-6-12-33(27-30)39-41-44(15-21-52-2)16-22-53-3;1-6(3-7,4-8)5(9)10-2;4*1-2/h5-13,26-28,47H,4,14-25H2,1-3H3,(H,48,49);4-12,25-27,46H,13-24H2,1-3H3,(H,47,48);7-8H,3-4H2,1-2H3;4*2H,1H3. The monoisotopic (exact) mass is 1820 g/mol. The molecule has 0 saturated carbocycles. The van der Waals surface area contributed by atoms with Gasteiger partial charge in [-0.1, -0.05) is 67.7 Å². The molecule has 0 aromatic heterocycles. The Hall–Kier alpha value is -12.6. The van der Waals surface area contributed by atoms with Crippen LogP contribution in [0.15, 0.2) is 208 Å². The zero-order chi connectivity index (χ0) is 96.3. The predicted molar refractivity (Wildman–Crippen MR) is 467 cm³/mol. The van der Waals surface area contributed by atoms with Crippen molar-refractivity contribution in [2.45, 2.75) is 13.8 Å². The highest BCUT2D eigenvalue weighted by Crippen LogP contribution is 2.23. The number of carbonyl (C=O) groups excluding carboxylic acids is 5. The topological polar surface area (TPSA) is 591 Å². The van der Waals surface area contributed by atoms with E-state index >= 15 is 0 Å². The molecule has 10 N–H and O–H groups in total. The molecule has 46 heteroatoms. The van der Waals surface area contributed by atoms with Gasteiger partial charge in [0.25, 0.3) is 0 Å². The molecule has 0 aliphatic heterocycles. The van der Waals surface area contributed by atoms with E-state index in [0.717, 1.165) is 28.4 Å². The zero-order valence-corrected chi connectivity index (χ0v) is 74.8. The minimum absolute atomic E-state index is 0.0307. The first kappa shape index (κ1) is 116. The van der Waals surface area contributed by atoms with Crippen molar-refractivity contribution in [3.05, 3.63) is 179 Å². The highest BCUT2D eigenvalue weighted by atomic mass is 16.6. The van der Waals surface area contributed by atoms with E-state index in [4.69, 9.17) is 78.0 Å². The molecule has 0 amide bonds. The molecule has 0 radical (unpaired) electrons. The van der Waals surface area contributed by atoms with Crippen LogP contribution < -0.4 is 0 Å². The minimum Gasteiger partial charge on any atom is -0.478 e. The predicted octanol–water partition coefficient (Wildman–Crippen LogP) is 7.84. The number of carboxylic acids is 2. The average Bonchev–Trinajstić information content (AvgIpc) is 0.954. The number of methoxy groups -OCH3 is 6. The van der Waals surface area contributed by atoms with Crippen molar-refractivity contribution in [3.8, 4) is 0 Å². The lowest BCUT2D eigenvalue weighted by atomic mass is 9.93.